The molecule has 0 bridgehead atoms. The molecule has 1 saturated heterocycles. The fourth-order valence-corrected chi connectivity index (χ4v) is 3.18. The van der Waals surface area contributed by atoms with Crippen LogP contribution in [0.4, 0.5) is 4.79 Å². The number of urea groups is 1. The molecule has 19 heavy (non-hydrogen) atoms. The molecule has 0 aromatic rings. The summed E-state index contributed by atoms with van der Waals surface area (Å²) in [7, 11) is 0. The maximum absolute atomic E-state index is 12.3. The van der Waals surface area contributed by atoms with Crippen molar-refractivity contribution >= 4 is 6.03 Å². The van der Waals surface area contributed by atoms with E-state index in [1.54, 1.807) is 0 Å². The SMILES string of the molecule is CCOCC1CCCN(C(=O)NC2CCCCC2)C1. The van der Waals surface area contributed by atoms with Gasteiger partial charge in [0.15, 0.2) is 0 Å². The second-order valence-corrected chi connectivity index (χ2v) is 5.90. The first-order chi connectivity index (χ1) is 9.29. The fourth-order valence-electron chi connectivity index (χ4n) is 3.18. The van der Waals surface area contributed by atoms with Crippen LogP contribution in [0.25, 0.3) is 0 Å². The van der Waals surface area contributed by atoms with Crippen molar-refractivity contribution in [3.63, 3.8) is 0 Å². The first-order valence-corrected chi connectivity index (χ1v) is 7.92. The summed E-state index contributed by atoms with van der Waals surface area (Å²) in [5.74, 6) is 0.519. The molecule has 2 amide bonds. The molecular formula is C15H28N2O2. The highest BCUT2D eigenvalue weighted by atomic mass is 16.5. The first-order valence-electron chi connectivity index (χ1n) is 7.92. The van der Waals surface area contributed by atoms with Crippen LogP contribution in [0.5, 0.6) is 0 Å². The number of piperidine rings is 1. The molecule has 1 atom stereocenters. The van der Waals surface area contributed by atoms with Gasteiger partial charge in [-0.2, -0.15) is 0 Å². The number of hydrogen-bond acceptors (Lipinski definition) is 2. The number of ether oxygens (including phenoxy) is 1. The van der Waals surface area contributed by atoms with E-state index < -0.39 is 0 Å². The predicted molar refractivity (Wildman–Crippen MR) is 76.2 cm³/mol. The third kappa shape index (κ3) is 4.68. The van der Waals surface area contributed by atoms with E-state index in [2.05, 4.69) is 5.32 Å². The van der Waals surface area contributed by atoms with Gasteiger partial charge in [0.1, 0.15) is 0 Å². The van der Waals surface area contributed by atoms with Gasteiger partial charge < -0.3 is 15.0 Å². The highest BCUT2D eigenvalue weighted by Crippen LogP contribution is 2.20. The van der Waals surface area contributed by atoms with E-state index in [1.165, 1.54) is 25.7 Å². The number of nitrogens with one attached hydrogen (secondary N) is 1. The summed E-state index contributed by atoms with van der Waals surface area (Å²) in [6.07, 6.45) is 8.45. The van der Waals surface area contributed by atoms with Crippen LogP contribution in [0.3, 0.4) is 0 Å². The van der Waals surface area contributed by atoms with Crippen molar-refractivity contribution in [3.05, 3.63) is 0 Å². The minimum atomic E-state index is 0.146. The van der Waals surface area contributed by atoms with E-state index in [1.807, 2.05) is 11.8 Å². The second kappa shape index (κ2) is 7.73. The lowest BCUT2D eigenvalue weighted by Crippen LogP contribution is -2.49. The van der Waals surface area contributed by atoms with E-state index >= 15 is 0 Å². The molecule has 110 valence electrons. The Balaban J connectivity index is 1.74. The van der Waals surface area contributed by atoms with Gasteiger partial charge in [0.2, 0.25) is 0 Å². The van der Waals surface area contributed by atoms with Gasteiger partial charge in [-0.15, -0.1) is 0 Å². The molecule has 2 fully saturated rings. The van der Waals surface area contributed by atoms with Crippen molar-refractivity contribution in [2.75, 3.05) is 26.3 Å². The van der Waals surface area contributed by atoms with E-state index in [-0.39, 0.29) is 6.03 Å². The van der Waals surface area contributed by atoms with Gasteiger partial charge in [0.05, 0.1) is 6.61 Å². The monoisotopic (exact) mass is 268 g/mol. The molecule has 1 unspecified atom stereocenters. The molecule has 1 N–H and O–H groups in total. The molecular weight excluding hydrogens is 240 g/mol. The van der Waals surface area contributed by atoms with Crippen LogP contribution in [0.1, 0.15) is 51.9 Å². The van der Waals surface area contributed by atoms with Gasteiger partial charge in [-0.25, -0.2) is 4.79 Å². The Morgan fingerprint density at radius 1 is 1.21 bits per heavy atom. The maximum atomic E-state index is 12.3. The van der Waals surface area contributed by atoms with Crippen LogP contribution in [-0.4, -0.2) is 43.3 Å². The van der Waals surface area contributed by atoms with Gasteiger partial charge in [0.25, 0.3) is 0 Å². The number of carbonyl (C=O) groups excluding carboxylic acids is 1. The number of rotatable bonds is 4. The van der Waals surface area contributed by atoms with Crippen LogP contribution in [0.2, 0.25) is 0 Å². The molecule has 1 saturated carbocycles. The number of carbonyl (C=O) groups is 1. The summed E-state index contributed by atoms with van der Waals surface area (Å²) in [4.78, 5) is 14.2. The van der Waals surface area contributed by atoms with Gasteiger partial charge >= 0.3 is 6.03 Å². The summed E-state index contributed by atoms with van der Waals surface area (Å²) in [6, 6.07) is 0.557. The Morgan fingerprint density at radius 3 is 2.74 bits per heavy atom. The Hall–Kier alpha value is -0.770. The summed E-state index contributed by atoms with van der Waals surface area (Å²) in [5.41, 5.74) is 0. The average Bonchev–Trinajstić information content (AvgIpc) is 2.46. The quantitative estimate of drug-likeness (QED) is 0.852. The maximum Gasteiger partial charge on any atom is 0.317 e. The average molecular weight is 268 g/mol. The second-order valence-electron chi connectivity index (χ2n) is 5.90. The topological polar surface area (TPSA) is 41.6 Å². The summed E-state index contributed by atoms with van der Waals surface area (Å²) < 4.78 is 5.49. The summed E-state index contributed by atoms with van der Waals surface area (Å²) >= 11 is 0. The lowest BCUT2D eigenvalue weighted by Gasteiger charge is -2.34. The van der Waals surface area contributed by atoms with E-state index in [9.17, 15) is 4.79 Å². The van der Waals surface area contributed by atoms with Crippen LogP contribution < -0.4 is 5.32 Å². The smallest absolute Gasteiger partial charge is 0.317 e. The molecule has 1 heterocycles. The van der Waals surface area contributed by atoms with Crippen molar-refractivity contribution in [1.82, 2.24) is 10.2 Å². The molecule has 0 spiro atoms. The molecule has 4 heteroatoms. The van der Waals surface area contributed by atoms with Crippen molar-refractivity contribution in [2.45, 2.75) is 57.9 Å². The minimum Gasteiger partial charge on any atom is -0.381 e. The zero-order valence-corrected chi connectivity index (χ0v) is 12.2. The number of amides is 2. The van der Waals surface area contributed by atoms with E-state index in [0.29, 0.717) is 12.0 Å². The number of likely N-dealkylation sites (tertiary alicyclic amines) is 1. The first kappa shape index (κ1) is 14.6. The van der Waals surface area contributed by atoms with Crippen LogP contribution >= 0.6 is 0 Å². The lowest BCUT2D eigenvalue weighted by atomic mass is 9.95. The Labute approximate surface area is 116 Å². The zero-order valence-electron chi connectivity index (χ0n) is 12.2. The van der Waals surface area contributed by atoms with Crippen LogP contribution in [0, 0.1) is 5.92 Å². The third-order valence-electron chi connectivity index (χ3n) is 4.30. The van der Waals surface area contributed by atoms with E-state index in [0.717, 1.165) is 45.6 Å². The highest BCUT2D eigenvalue weighted by molar-refractivity contribution is 5.74. The zero-order chi connectivity index (χ0) is 13.5. The van der Waals surface area contributed by atoms with Gasteiger partial charge in [0, 0.05) is 31.7 Å². The molecule has 1 aliphatic carbocycles. The van der Waals surface area contributed by atoms with E-state index in [4.69, 9.17) is 4.74 Å². The molecule has 2 aliphatic rings. The Kier molecular flexibility index (Phi) is 5.95. The normalized spacial score (nSPS) is 25.3. The molecule has 0 aromatic heterocycles. The molecule has 4 nitrogen and oxygen atoms in total. The van der Waals surface area contributed by atoms with Crippen LogP contribution in [-0.2, 0) is 4.74 Å². The Morgan fingerprint density at radius 2 is 2.00 bits per heavy atom. The molecule has 1 aliphatic heterocycles. The number of nitrogens with zero attached hydrogens (tertiary/aromatic N) is 1. The summed E-state index contributed by atoms with van der Waals surface area (Å²) in [6.45, 7) is 5.35. The molecule has 2 rings (SSSR count). The van der Waals surface area contributed by atoms with Gasteiger partial charge in [-0.1, -0.05) is 19.3 Å². The van der Waals surface area contributed by atoms with Crippen molar-refractivity contribution < 1.29 is 9.53 Å². The highest BCUT2D eigenvalue weighted by Gasteiger charge is 2.25. The van der Waals surface area contributed by atoms with Gasteiger partial charge in [-0.3, -0.25) is 0 Å². The molecule has 0 aromatic carbocycles. The molecule has 0 radical (unpaired) electrons. The van der Waals surface area contributed by atoms with Crippen molar-refractivity contribution in [2.24, 2.45) is 5.92 Å². The van der Waals surface area contributed by atoms with Crippen molar-refractivity contribution in [3.8, 4) is 0 Å². The largest absolute Gasteiger partial charge is 0.381 e. The lowest BCUT2D eigenvalue weighted by molar-refractivity contribution is 0.0749. The van der Waals surface area contributed by atoms with Gasteiger partial charge in [-0.05, 0) is 32.6 Å². The number of hydrogen-bond donors (Lipinski definition) is 1. The Bertz CT molecular complexity index is 277. The summed E-state index contributed by atoms with van der Waals surface area (Å²) in [5, 5.41) is 3.21. The predicted octanol–water partition coefficient (Wildman–Crippen LogP) is 2.78. The fraction of sp³-hybridized carbons (Fsp3) is 0.933. The minimum absolute atomic E-state index is 0.146. The van der Waals surface area contributed by atoms with Crippen molar-refractivity contribution in [1.29, 1.82) is 0 Å². The standard InChI is InChI=1S/C15H28N2O2/c1-2-19-12-13-7-6-10-17(11-13)15(18)16-14-8-4-3-5-9-14/h13-14H,2-12H2,1H3,(H,16,18). The van der Waals surface area contributed by atoms with Crippen LogP contribution in [0.15, 0.2) is 0 Å². The third-order valence-corrected chi connectivity index (χ3v) is 4.30.